The molecule has 0 radical (unpaired) electrons. The van der Waals surface area contributed by atoms with Crippen LogP contribution in [0, 0.1) is 17.3 Å². The normalized spacial score (nSPS) is 21.4. The van der Waals surface area contributed by atoms with Gasteiger partial charge in [-0.05, 0) is 50.4 Å². The molecule has 2 nitrogen and oxygen atoms in total. The van der Waals surface area contributed by atoms with Gasteiger partial charge in [-0.2, -0.15) is 0 Å². The maximum absolute atomic E-state index is 6.12. The van der Waals surface area contributed by atoms with E-state index >= 15 is 0 Å². The molecule has 2 heteroatoms. The molecule has 0 unspecified atom stereocenters. The van der Waals surface area contributed by atoms with Gasteiger partial charge in [-0.1, -0.05) is 39.5 Å². The summed E-state index contributed by atoms with van der Waals surface area (Å²) in [4.78, 5) is 0. The Balaban J connectivity index is 2.08. The summed E-state index contributed by atoms with van der Waals surface area (Å²) in [5.41, 5.74) is 0.317. The van der Waals surface area contributed by atoms with Crippen LogP contribution in [0.2, 0.25) is 0 Å². The second-order valence-corrected chi connectivity index (χ2v) is 7.30. The highest BCUT2D eigenvalue weighted by Gasteiger charge is 2.47. The fourth-order valence-electron chi connectivity index (χ4n) is 4.66. The van der Waals surface area contributed by atoms with Crippen LogP contribution in [0.15, 0.2) is 0 Å². The zero-order chi connectivity index (χ0) is 15.0. The zero-order valence-electron chi connectivity index (χ0n) is 14.4. The van der Waals surface area contributed by atoms with Crippen LogP contribution in [0.5, 0.6) is 0 Å². The first-order valence-electron chi connectivity index (χ1n) is 9.49. The van der Waals surface area contributed by atoms with Gasteiger partial charge >= 0.3 is 0 Å². The van der Waals surface area contributed by atoms with Crippen molar-refractivity contribution in [2.24, 2.45) is 17.3 Å². The lowest BCUT2D eigenvalue weighted by Gasteiger charge is -2.44. The summed E-state index contributed by atoms with van der Waals surface area (Å²) in [6.07, 6.45) is 13.5. The molecule has 0 amide bonds. The molecule has 2 fully saturated rings. The van der Waals surface area contributed by atoms with Gasteiger partial charge in [0.15, 0.2) is 0 Å². The lowest BCUT2D eigenvalue weighted by atomic mass is 9.65. The number of rotatable bonds is 10. The van der Waals surface area contributed by atoms with Gasteiger partial charge in [0.2, 0.25) is 0 Å². The average Bonchev–Trinajstić information content (AvgIpc) is 3.19. The molecule has 0 aromatic carbocycles. The first kappa shape index (κ1) is 17.3. The Morgan fingerprint density at radius 3 is 1.43 bits per heavy atom. The third-order valence-corrected chi connectivity index (χ3v) is 5.77. The van der Waals surface area contributed by atoms with Crippen LogP contribution in [0.1, 0.15) is 78.1 Å². The van der Waals surface area contributed by atoms with E-state index in [1.807, 2.05) is 0 Å². The molecule has 0 N–H and O–H groups in total. The molecule has 0 saturated heterocycles. The van der Waals surface area contributed by atoms with Crippen molar-refractivity contribution in [1.82, 2.24) is 0 Å². The monoisotopic (exact) mass is 296 g/mol. The van der Waals surface area contributed by atoms with E-state index in [1.165, 1.54) is 51.4 Å². The SMILES string of the molecule is CCCOCC(COCCC)(C1CCCC1)C1CCCC1. The van der Waals surface area contributed by atoms with Crippen LogP contribution >= 0.6 is 0 Å². The summed E-state index contributed by atoms with van der Waals surface area (Å²) in [6.45, 7) is 8.13. The summed E-state index contributed by atoms with van der Waals surface area (Å²) in [5, 5.41) is 0. The van der Waals surface area contributed by atoms with Crippen LogP contribution in [-0.2, 0) is 9.47 Å². The Morgan fingerprint density at radius 2 is 1.10 bits per heavy atom. The number of ether oxygens (including phenoxy) is 2. The number of hydrogen-bond donors (Lipinski definition) is 0. The van der Waals surface area contributed by atoms with E-state index in [0.29, 0.717) is 5.41 Å². The Bertz CT molecular complexity index is 237. The van der Waals surface area contributed by atoms with Crippen molar-refractivity contribution >= 4 is 0 Å². The minimum Gasteiger partial charge on any atom is -0.381 e. The van der Waals surface area contributed by atoms with Crippen molar-refractivity contribution in [3.05, 3.63) is 0 Å². The Labute approximate surface area is 132 Å². The topological polar surface area (TPSA) is 18.5 Å². The predicted octanol–water partition coefficient (Wildman–Crippen LogP) is 5.21. The van der Waals surface area contributed by atoms with E-state index in [1.54, 1.807) is 0 Å². The molecule has 0 spiro atoms. The Morgan fingerprint density at radius 1 is 0.714 bits per heavy atom. The van der Waals surface area contributed by atoms with Gasteiger partial charge in [-0.15, -0.1) is 0 Å². The van der Waals surface area contributed by atoms with Gasteiger partial charge in [-0.3, -0.25) is 0 Å². The highest BCUT2D eigenvalue weighted by molar-refractivity contribution is 4.96. The van der Waals surface area contributed by atoms with Crippen molar-refractivity contribution in [3.63, 3.8) is 0 Å². The van der Waals surface area contributed by atoms with Crippen LogP contribution in [0.3, 0.4) is 0 Å². The first-order valence-corrected chi connectivity index (χ1v) is 9.49. The van der Waals surface area contributed by atoms with Crippen LogP contribution in [0.4, 0.5) is 0 Å². The molecule has 21 heavy (non-hydrogen) atoms. The molecule has 0 bridgehead atoms. The molecular weight excluding hydrogens is 260 g/mol. The minimum atomic E-state index is 0.317. The standard InChI is InChI=1S/C19H36O2/c1-3-13-20-15-19(16-21-14-4-2,17-9-5-6-10-17)18-11-7-8-12-18/h17-18H,3-16H2,1-2H3. The molecule has 2 rings (SSSR count). The maximum Gasteiger partial charge on any atom is 0.0549 e. The molecular formula is C19H36O2. The molecule has 2 aliphatic rings. The van der Waals surface area contributed by atoms with E-state index in [0.717, 1.165) is 51.1 Å². The van der Waals surface area contributed by atoms with Crippen molar-refractivity contribution < 1.29 is 9.47 Å². The van der Waals surface area contributed by atoms with Crippen molar-refractivity contribution in [1.29, 1.82) is 0 Å². The lowest BCUT2D eigenvalue weighted by Crippen LogP contribution is -2.44. The minimum absolute atomic E-state index is 0.317. The fraction of sp³-hybridized carbons (Fsp3) is 1.00. The Kier molecular flexibility index (Phi) is 7.53. The smallest absolute Gasteiger partial charge is 0.0549 e. The molecule has 0 aliphatic heterocycles. The van der Waals surface area contributed by atoms with Crippen LogP contribution in [0.25, 0.3) is 0 Å². The molecule has 0 aromatic rings. The zero-order valence-corrected chi connectivity index (χ0v) is 14.4. The fourth-order valence-corrected chi connectivity index (χ4v) is 4.66. The van der Waals surface area contributed by atoms with E-state index in [2.05, 4.69) is 13.8 Å². The third-order valence-electron chi connectivity index (χ3n) is 5.77. The highest BCUT2D eigenvalue weighted by Crippen LogP contribution is 2.51. The molecule has 2 saturated carbocycles. The lowest BCUT2D eigenvalue weighted by molar-refractivity contribution is -0.0882. The van der Waals surface area contributed by atoms with E-state index in [4.69, 9.17) is 9.47 Å². The summed E-state index contributed by atoms with van der Waals surface area (Å²) < 4.78 is 12.2. The van der Waals surface area contributed by atoms with E-state index in [-0.39, 0.29) is 0 Å². The van der Waals surface area contributed by atoms with E-state index in [9.17, 15) is 0 Å². The maximum atomic E-state index is 6.12. The highest BCUT2D eigenvalue weighted by atomic mass is 16.5. The molecule has 0 aromatic heterocycles. The van der Waals surface area contributed by atoms with Gasteiger partial charge < -0.3 is 9.47 Å². The van der Waals surface area contributed by atoms with Crippen LogP contribution < -0.4 is 0 Å². The van der Waals surface area contributed by atoms with Gasteiger partial charge in [0.1, 0.15) is 0 Å². The molecule has 2 aliphatic carbocycles. The second-order valence-electron chi connectivity index (χ2n) is 7.30. The average molecular weight is 296 g/mol. The number of hydrogen-bond acceptors (Lipinski definition) is 2. The summed E-state index contributed by atoms with van der Waals surface area (Å²) >= 11 is 0. The summed E-state index contributed by atoms with van der Waals surface area (Å²) in [7, 11) is 0. The third kappa shape index (κ3) is 4.45. The predicted molar refractivity (Wildman–Crippen MR) is 88.6 cm³/mol. The van der Waals surface area contributed by atoms with Crippen molar-refractivity contribution in [2.75, 3.05) is 26.4 Å². The Hall–Kier alpha value is -0.0800. The van der Waals surface area contributed by atoms with Gasteiger partial charge in [-0.25, -0.2) is 0 Å². The molecule has 0 atom stereocenters. The largest absolute Gasteiger partial charge is 0.381 e. The quantitative estimate of drug-likeness (QED) is 0.515. The second kappa shape index (κ2) is 9.15. The van der Waals surface area contributed by atoms with Gasteiger partial charge in [0, 0.05) is 18.6 Å². The van der Waals surface area contributed by atoms with Crippen molar-refractivity contribution in [3.8, 4) is 0 Å². The molecule has 0 heterocycles. The van der Waals surface area contributed by atoms with Gasteiger partial charge in [0.05, 0.1) is 13.2 Å². The summed E-state index contributed by atoms with van der Waals surface area (Å²) in [5.74, 6) is 1.68. The first-order chi connectivity index (χ1) is 10.3. The van der Waals surface area contributed by atoms with Gasteiger partial charge in [0.25, 0.3) is 0 Å². The van der Waals surface area contributed by atoms with Crippen LogP contribution in [-0.4, -0.2) is 26.4 Å². The summed E-state index contributed by atoms with van der Waals surface area (Å²) in [6, 6.07) is 0. The van der Waals surface area contributed by atoms with E-state index < -0.39 is 0 Å². The molecule has 124 valence electrons. The van der Waals surface area contributed by atoms with Crippen molar-refractivity contribution in [2.45, 2.75) is 78.1 Å².